The quantitative estimate of drug-likeness (QED) is 0.932. The molecule has 0 aliphatic heterocycles. The van der Waals surface area contributed by atoms with Crippen molar-refractivity contribution >= 4 is 11.6 Å². The topological polar surface area (TPSA) is 55.5 Å². The van der Waals surface area contributed by atoms with Gasteiger partial charge in [0.25, 0.3) is 0 Å². The van der Waals surface area contributed by atoms with E-state index in [0.717, 1.165) is 18.6 Å². The predicted molar refractivity (Wildman–Crippen MR) is 71.4 cm³/mol. The van der Waals surface area contributed by atoms with Crippen molar-refractivity contribution in [3.05, 3.63) is 34.5 Å². The number of halogens is 1. The predicted octanol–water partition coefficient (Wildman–Crippen LogP) is 3.37. The summed E-state index contributed by atoms with van der Waals surface area (Å²) in [6, 6.07) is 5.39. The summed E-state index contributed by atoms with van der Waals surface area (Å²) in [7, 11) is 1.58. The lowest BCUT2D eigenvalue weighted by Crippen LogP contribution is -1.94. The van der Waals surface area contributed by atoms with E-state index in [9.17, 15) is 5.11 Å². The molecule has 100 valence electrons. The Kier molecular flexibility index (Phi) is 3.21. The second-order valence-electron chi connectivity index (χ2n) is 4.62. The fourth-order valence-corrected chi connectivity index (χ4v) is 2.50. The van der Waals surface area contributed by atoms with Crippen LogP contribution >= 0.6 is 11.6 Å². The molecule has 0 amide bonds. The number of ether oxygens (including phenoxy) is 1. The molecule has 0 unspecified atom stereocenters. The SMILES string of the molecule is COc1cccc(Cl)c1-c1noc(C2CC2)c1CO. The Bertz CT molecular complexity index is 605. The van der Waals surface area contributed by atoms with Crippen LogP contribution in [0.3, 0.4) is 0 Å². The van der Waals surface area contributed by atoms with Crippen LogP contribution in [0.4, 0.5) is 0 Å². The summed E-state index contributed by atoms with van der Waals surface area (Å²) in [5, 5.41) is 14.2. The Morgan fingerprint density at radius 2 is 2.26 bits per heavy atom. The smallest absolute Gasteiger partial charge is 0.145 e. The third-order valence-corrected chi connectivity index (χ3v) is 3.67. The first kappa shape index (κ1) is 12.5. The highest BCUT2D eigenvalue weighted by atomic mass is 35.5. The molecule has 1 saturated carbocycles. The van der Waals surface area contributed by atoms with E-state index >= 15 is 0 Å². The number of aromatic nitrogens is 1. The lowest BCUT2D eigenvalue weighted by Gasteiger charge is -2.08. The zero-order chi connectivity index (χ0) is 13.4. The summed E-state index contributed by atoms with van der Waals surface area (Å²) in [5.74, 6) is 1.79. The Hall–Kier alpha value is -1.52. The fraction of sp³-hybridized carbons (Fsp3) is 0.357. The molecule has 0 spiro atoms. The van der Waals surface area contributed by atoms with Gasteiger partial charge in [0.15, 0.2) is 0 Å². The van der Waals surface area contributed by atoms with Crippen molar-refractivity contribution in [2.24, 2.45) is 0 Å². The first-order valence-corrected chi connectivity index (χ1v) is 6.56. The molecule has 1 heterocycles. The molecule has 0 radical (unpaired) electrons. The van der Waals surface area contributed by atoms with Gasteiger partial charge in [-0.1, -0.05) is 22.8 Å². The van der Waals surface area contributed by atoms with Crippen LogP contribution in [0, 0.1) is 0 Å². The fourth-order valence-electron chi connectivity index (χ4n) is 2.24. The van der Waals surface area contributed by atoms with Gasteiger partial charge in [-0.3, -0.25) is 0 Å². The van der Waals surface area contributed by atoms with Crippen LogP contribution in [0.5, 0.6) is 5.75 Å². The van der Waals surface area contributed by atoms with E-state index < -0.39 is 0 Å². The molecule has 1 aromatic carbocycles. The van der Waals surface area contributed by atoms with Crippen LogP contribution in [0.1, 0.15) is 30.1 Å². The van der Waals surface area contributed by atoms with Crippen LogP contribution in [0.2, 0.25) is 5.02 Å². The van der Waals surface area contributed by atoms with Crippen molar-refractivity contribution in [2.75, 3.05) is 7.11 Å². The molecule has 19 heavy (non-hydrogen) atoms. The number of aliphatic hydroxyl groups excluding tert-OH is 1. The number of methoxy groups -OCH3 is 1. The van der Waals surface area contributed by atoms with Crippen LogP contribution in [0.25, 0.3) is 11.3 Å². The third-order valence-electron chi connectivity index (χ3n) is 3.36. The molecule has 1 fully saturated rings. The van der Waals surface area contributed by atoms with E-state index in [-0.39, 0.29) is 6.61 Å². The van der Waals surface area contributed by atoms with Crippen molar-refractivity contribution in [1.82, 2.24) is 5.16 Å². The summed E-state index contributed by atoms with van der Waals surface area (Å²) in [4.78, 5) is 0. The number of hydrogen-bond donors (Lipinski definition) is 1. The molecule has 2 aromatic rings. The number of nitrogens with zero attached hydrogens (tertiary/aromatic N) is 1. The minimum absolute atomic E-state index is 0.112. The van der Waals surface area contributed by atoms with E-state index in [2.05, 4.69) is 5.16 Å². The molecule has 0 bridgehead atoms. The molecule has 1 aliphatic carbocycles. The normalized spacial score (nSPS) is 14.7. The number of rotatable bonds is 4. The molecular weight excluding hydrogens is 266 g/mol. The van der Waals surface area contributed by atoms with Gasteiger partial charge in [0.05, 0.1) is 24.3 Å². The van der Waals surface area contributed by atoms with Crippen molar-refractivity contribution in [2.45, 2.75) is 25.4 Å². The van der Waals surface area contributed by atoms with Crippen LogP contribution in [0.15, 0.2) is 22.7 Å². The van der Waals surface area contributed by atoms with Crippen molar-refractivity contribution < 1.29 is 14.4 Å². The van der Waals surface area contributed by atoms with E-state index in [0.29, 0.717) is 33.5 Å². The van der Waals surface area contributed by atoms with Crippen LogP contribution in [-0.4, -0.2) is 17.4 Å². The van der Waals surface area contributed by atoms with E-state index in [1.165, 1.54) is 0 Å². The number of benzene rings is 1. The van der Waals surface area contributed by atoms with Crippen LogP contribution < -0.4 is 4.74 Å². The standard InChI is InChI=1S/C14H14ClNO3/c1-18-11-4-2-3-10(15)12(11)13-9(7-17)14(19-16-13)8-5-6-8/h2-4,8,17H,5-7H2,1H3. The van der Waals surface area contributed by atoms with Crippen molar-refractivity contribution in [3.63, 3.8) is 0 Å². The number of aliphatic hydroxyl groups is 1. The van der Waals surface area contributed by atoms with Crippen molar-refractivity contribution in [1.29, 1.82) is 0 Å². The zero-order valence-electron chi connectivity index (χ0n) is 10.5. The maximum Gasteiger partial charge on any atom is 0.145 e. The van der Waals surface area contributed by atoms with Crippen LogP contribution in [-0.2, 0) is 6.61 Å². The molecule has 5 heteroatoms. The van der Waals surface area contributed by atoms with Gasteiger partial charge in [0, 0.05) is 11.5 Å². The molecule has 0 atom stereocenters. The highest BCUT2D eigenvalue weighted by Gasteiger charge is 2.33. The molecule has 0 saturated heterocycles. The van der Waals surface area contributed by atoms with Gasteiger partial charge in [0.1, 0.15) is 17.2 Å². The summed E-state index contributed by atoms with van der Waals surface area (Å²) in [5.41, 5.74) is 1.96. The molecule has 3 rings (SSSR count). The molecule has 1 aromatic heterocycles. The largest absolute Gasteiger partial charge is 0.496 e. The summed E-state index contributed by atoms with van der Waals surface area (Å²) < 4.78 is 10.7. The monoisotopic (exact) mass is 279 g/mol. The van der Waals surface area contributed by atoms with Gasteiger partial charge in [0.2, 0.25) is 0 Å². The van der Waals surface area contributed by atoms with Gasteiger partial charge < -0.3 is 14.4 Å². The second-order valence-corrected chi connectivity index (χ2v) is 5.03. The molecule has 1 N–H and O–H groups in total. The van der Waals surface area contributed by atoms with E-state index in [4.69, 9.17) is 20.9 Å². The molecule has 4 nitrogen and oxygen atoms in total. The first-order chi connectivity index (χ1) is 9.26. The Labute approximate surface area is 115 Å². The minimum atomic E-state index is -0.112. The first-order valence-electron chi connectivity index (χ1n) is 6.18. The summed E-state index contributed by atoms with van der Waals surface area (Å²) in [6.45, 7) is -0.112. The average molecular weight is 280 g/mol. The lowest BCUT2D eigenvalue weighted by molar-refractivity contribution is 0.277. The van der Waals surface area contributed by atoms with Gasteiger partial charge in [-0.25, -0.2) is 0 Å². The van der Waals surface area contributed by atoms with Gasteiger partial charge >= 0.3 is 0 Å². The van der Waals surface area contributed by atoms with E-state index in [1.54, 1.807) is 13.2 Å². The molecule has 1 aliphatic rings. The number of hydrogen-bond acceptors (Lipinski definition) is 4. The highest BCUT2D eigenvalue weighted by molar-refractivity contribution is 6.33. The maximum atomic E-state index is 9.60. The van der Waals surface area contributed by atoms with Gasteiger partial charge in [-0.2, -0.15) is 0 Å². The lowest BCUT2D eigenvalue weighted by atomic mass is 10.0. The van der Waals surface area contributed by atoms with E-state index in [1.807, 2.05) is 12.1 Å². The zero-order valence-corrected chi connectivity index (χ0v) is 11.3. The highest BCUT2D eigenvalue weighted by Crippen LogP contribution is 2.46. The maximum absolute atomic E-state index is 9.60. The third kappa shape index (κ3) is 2.11. The summed E-state index contributed by atoms with van der Waals surface area (Å²) in [6.07, 6.45) is 2.17. The summed E-state index contributed by atoms with van der Waals surface area (Å²) >= 11 is 6.23. The Morgan fingerprint density at radius 1 is 1.47 bits per heavy atom. The van der Waals surface area contributed by atoms with Gasteiger partial charge in [-0.15, -0.1) is 0 Å². The Morgan fingerprint density at radius 3 is 2.89 bits per heavy atom. The minimum Gasteiger partial charge on any atom is -0.496 e. The van der Waals surface area contributed by atoms with Crippen molar-refractivity contribution in [3.8, 4) is 17.0 Å². The average Bonchev–Trinajstić information content (AvgIpc) is 3.18. The molecular formula is C14H14ClNO3. The Balaban J connectivity index is 2.16. The van der Waals surface area contributed by atoms with Gasteiger partial charge in [-0.05, 0) is 25.0 Å². The second kappa shape index (κ2) is 4.87.